The van der Waals surface area contributed by atoms with Crippen LogP contribution in [0.5, 0.6) is 0 Å². The summed E-state index contributed by atoms with van der Waals surface area (Å²) in [6, 6.07) is 5.00. The lowest BCUT2D eigenvalue weighted by Crippen LogP contribution is -2.09. The van der Waals surface area contributed by atoms with Gasteiger partial charge in [0, 0.05) is 0 Å². The molecule has 1 aromatic heterocycles. The van der Waals surface area contributed by atoms with Crippen LogP contribution in [0.2, 0.25) is 5.15 Å². The van der Waals surface area contributed by atoms with Gasteiger partial charge in [-0.3, -0.25) is 4.79 Å². The van der Waals surface area contributed by atoms with E-state index < -0.39 is 28.6 Å². The lowest BCUT2D eigenvalue weighted by molar-refractivity contribution is -0.141. The number of carbonyl (C=O) groups is 2. The molecule has 2 aromatic rings. The van der Waals surface area contributed by atoms with E-state index in [9.17, 15) is 22.8 Å². The molecule has 1 N–H and O–H groups in total. The molecule has 1 heterocycles. The van der Waals surface area contributed by atoms with Crippen LogP contribution < -0.4 is 0 Å². The van der Waals surface area contributed by atoms with Crippen LogP contribution in [-0.2, 0) is 6.18 Å². The van der Waals surface area contributed by atoms with Crippen molar-refractivity contribution in [3.8, 4) is 5.69 Å². The summed E-state index contributed by atoms with van der Waals surface area (Å²) in [5.41, 5.74) is -2.38. The minimum Gasteiger partial charge on any atom is -0.478 e. The van der Waals surface area contributed by atoms with Crippen molar-refractivity contribution in [1.82, 2.24) is 9.78 Å². The molecule has 0 amide bonds. The third kappa shape index (κ3) is 2.75. The van der Waals surface area contributed by atoms with Gasteiger partial charge in [0.15, 0.2) is 12.0 Å². The molecule has 0 unspecified atom stereocenters. The van der Waals surface area contributed by atoms with E-state index in [0.29, 0.717) is 4.68 Å². The van der Waals surface area contributed by atoms with Crippen LogP contribution in [0.25, 0.3) is 5.69 Å². The Labute approximate surface area is 120 Å². The number of carboxylic acids is 1. The highest BCUT2D eigenvalue weighted by Gasteiger charge is 2.39. The fourth-order valence-corrected chi connectivity index (χ4v) is 1.93. The fourth-order valence-electron chi connectivity index (χ4n) is 1.67. The third-order valence-corrected chi connectivity index (χ3v) is 2.95. The van der Waals surface area contributed by atoms with Crippen LogP contribution in [0.3, 0.4) is 0 Å². The monoisotopic (exact) mass is 318 g/mol. The zero-order chi connectivity index (χ0) is 15.8. The van der Waals surface area contributed by atoms with E-state index in [1.54, 1.807) is 0 Å². The summed E-state index contributed by atoms with van der Waals surface area (Å²) < 4.78 is 39.0. The second-order valence-corrected chi connectivity index (χ2v) is 4.29. The lowest BCUT2D eigenvalue weighted by Gasteiger charge is -2.04. The largest absolute Gasteiger partial charge is 0.478 e. The number of benzene rings is 1. The average molecular weight is 319 g/mol. The van der Waals surface area contributed by atoms with Gasteiger partial charge in [0.05, 0.1) is 16.8 Å². The number of carboxylic acid groups (broad SMARTS) is 1. The molecule has 0 spiro atoms. The minimum atomic E-state index is -4.85. The molecule has 0 fully saturated rings. The van der Waals surface area contributed by atoms with Gasteiger partial charge in [-0.15, -0.1) is 0 Å². The van der Waals surface area contributed by atoms with Crippen molar-refractivity contribution in [2.24, 2.45) is 0 Å². The van der Waals surface area contributed by atoms with E-state index in [4.69, 9.17) is 16.7 Å². The number of carbonyl (C=O) groups excluding carboxylic acids is 1. The van der Waals surface area contributed by atoms with Gasteiger partial charge in [0.2, 0.25) is 0 Å². The smallest absolute Gasteiger partial charge is 0.435 e. The maximum atomic E-state index is 12.8. The van der Waals surface area contributed by atoms with Crippen LogP contribution in [0.4, 0.5) is 13.2 Å². The number of nitrogens with zero attached hydrogens (tertiary/aromatic N) is 2. The number of hydrogen-bond donors (Lipinski definition) is 1. The number of aldehydes is 1. The summed E-state index contributed by atoms with van der Waals surface area (Å²) >= 11 is 5.72. The Morgan fingerprint density at radius 2 is 2.05 bits per heavy atom. The normalized spacial score (nSPS) is 11.4. The van der Waals surface area contributed by atoms with Crippen molar-refractivity contribution >= 4 is 23.9 Å². The maximum Gasteiger partial charge on any atom is 0.435 e. The summed E-state index contributed by atoms with van der Waals surface area (Å²) in [4.78, 5) is 21.6. The Morgan fingerprint density at radius 1 is 1.38 bits per heavy atom. The Balaban J connectivity index is 2.65. The first-order valence-electron chi connectivity index (χ1n) is 5.40. The number of halogens is 4. The van der Waals surface area contributed by atoms with Crippen molar-refractivity contribution in [1.29, 1.82) is 0 Å². The standard InChI is InChI=1S/C12H6ClF3N2O3/c13-10-8(5-19)9(12(14,15)16)17-18(10)7-3-1-2-6(4-7)11(20)21/h1-5H,(H,20,21). The second kappa shape index (κ2) is 5.21. The molecule has 0 atom stereocenters. The average Bonchev–Trinajstić information content (AvgIpc) is 2.75. The van der Waals surface area contributed by atoms with Gasteiger partial charge in [0.1, 0.15) is 5.15 Å². The number of aromatic nitrogens is 2. The maximum absolute atomic E-state index is 12.8. The number of rotatable bonds is 3. The Hall–Kier alpha value is -2.35. The molecule has 0 saturated carbocycles. The summed E-state index contributed by atoms with van der Waals surface area (Å²) in [6.07, 6.45) is -4.90. The molecular formula is C12H6ClF3N2O3. The van der Waals surface area contributed by atoms with E-state index >= 15 is 0 Å². The molecule has 1 aromatic carbocycles. The molecule has 0 radical (unpaired) electrons. The molecule has 0 aliphatic carbocycles. The highest BCUT2D eigenvalue weighted by molar-refractivity contribution is 6.32. The molecule has 0 bridgehead atoms. The first-order chi connectivity index (χ1) is 9.75. The molecule has 5 nitrogen and oxygen atoms in total. The van der Waals surface area contributed by atoms with Crippen LogP contribution in [0.1, 0.15) is 26.4 Å². The van der Waals surface area contributed by atoms with Gasteiger partial charge >= 0.3 is 12.1 Å². The molecule has 2 rings (SSSR count). The highest BCUT2D eigenvalue weighted by atomic mass is 35.5. The topological polar surface area (TPSA) is 72.2 Å². The third-order valence-electron chi connectivity index (χ3n) is 2.59. The molecule has 110 valence electrons. The quantitative estimate of drug-likeness (QED) is 0.883. The van der Waals surface area contributed by atoms with E-state index in [2.05, 4.69) is 5.10 Å². The van der Waals surface area contributed by atoms with Crippen molar-refractivity contribution in [2.45, 2.75) is 6.18 Å². The van der Waals surface area contributed by atoms with Gasteiger partial charge in [0.25, 0.3) is 0 Å². The van der Waals surface area contributed by atoms with Crippen LogP contribution in [-0.4, -0.2) is 27.1 Å². The number of aromatic carboxylic acids is 1. The van der Waals surface area contributed by atoms with Gasteiger partial charge in [-0.2, -0.15) is 18.3 Å². The summed E-state index contributed by atoms with van der Waals surface area (Å²) in [5.74, 6) is -1.26. The summed E-state index contributed by atoms with van der Waals surface area (Å²) in [7, 11) is 0. The second-order valence-electron chi connectivity index (χ2n) is 3.94. The van der Waals surface area contributed by atoms with Crippen LogP contribution >= 0.6 is 11.6 Å². The zero-order valence-corrected chi connectivity index (χ0v) is 10.8. The molecule has 9 heteroatoms. The first-order valence-corrected chi connectivity index (χ1v) is 5.78. The van der Waals surface area contributed by atoms with E-state index in [1.807, 2.05) is 0 Å². The van der Waals surface area contributed by atoms with Crippen molar-refractivity contribution in [3.63, 3.8) is 0 Å². The van der Waals surface area contributed by atoms with Crippen molar-refractivity contribution in [3.05, 3.63) is 46.2 Å². The van der Waals surface area contributed by atoms with Gasteiger partial charge in [-0.1, -0.05) is 17.7 Å². The molecule has 0 saturated heterocycles. The SMILES string of the molecule is O=Cc1c(C(F)(F)F)nn(-c2cccc(C(=O)O)c2)c1Cl. The minimum absolute atomic E-state index is 0.00139. The number of hydrogen-bond acceptors (Lipinski definition) is 3. The van der Waals surface area contributed by atoms with Gasteiger partial charge in [-0.25, -0.2) is 9.48 Å². The molecule has 0 aliphatic heterocycles. The Bertz CT molecular complexity index is 725. The van der Waals surface area contributed by atoms with Crippen LogP contribution in [0, 0.1) is 0 Å². The van der Waals surface area contributed by atoms with Crippen LogP contribution in [0.15, 0.2) is 24.3 Å². The first kappa shape index (κ1) is 15.0. The predicted octanol–water partition coefficient (Wildman–Crippen LogP) is 3.06. The molecular weight excluding hydrogens is 313 g/mol. The molecule has 0 aliphatic rings. The molecule has 21 heavy (non-hydrogen) atoms. The fraction of sp³-hybridized carbons (Fsp3) is 0.0833. The highest BCUT2D eigenvalue weighted by Crippen LogP contribution is 2.34. The van der Waals surface area contributed by atoms with Crippen molar-refractivity contribution in [2.75, 3.05) is 0 Å². The van der Waals surface area contributed by atoms with E-state index in [0.717, 1.165) is 6.07 Å². The predicted molar refractivity (Wildman–Crippen MR) is 65.9 cm³/mol. The van der Waals surface area contributed by atoms with E-state index in [1.165, 1.54) is 18.2 Å². The zero-order valence-electron chi connectivity index (χ0n) is 10.1. The summed E-state index contributed by atoms with van der Waals surface area (Å²) in [5, 5.41) is 11.6. The lowest BCUT2D eigenvalue weighted by atomic mass is 10.2. The van der Waals surface area contributed by atoms with E-state index in [-0.39, 0.29) is 17.5 Å². The number of alkyl halides is 3. The van der Waals surface area contributed by atoms with Crippen molar-refractivity contribution < 1.29 is 27.9 Å². The Morgan fingerprint density at radius 3 is 2.52 bits per heavy atom. The Kier molecular flexibility index (Phi) is 3.73. The summed E-state index contributed by atoms with van der Waals surface area (Å²) in [6.45, 7) is 0. The van der Waals surface area contributed by atoms with Gasteiger partial charge in [-0.05, 0) is 18.2 Å². The van der Waals surface area contributed by atoms with Gasteiger partial charge < -0.3 is 5.11 Å².